The Morgan fingerprint density at radius 3 is 2.36 bits per heavy atom. The first-order valence-electron chi connectivity index (χ1n) is 6.73. The summed E-state index contributed by atoms with van der Waals surface area (Å²) in [5, 5.41) is 0.386. The Bertz CT molecular complexity index is 771. The van der Waals surface area contributed by atoms with E-state index in [1.165, 1.54) is 13.2 Å². The van der Waals surface area contributed by atoms with Crippen LogP contribution in [0, 0.1) is 13.8 Å². The fourth-order valence-electron chi connectivity index (χ4n) is 1.97. The summed E-state index contributed by atoms with van der Waals surface area (Å²) in [5.74, 6) is 0.276. The van der Waals surface area contributed by atoms with E-state index in [1.807, 2.05) is 31.2 Å². The molecule has 2 aromatic carbocycles. The standard InChI is InChI=1S/C16H18ClNO3S/c1-11-4-6-13(7-5-11)10-18-22(19,20)16-9-14(17)12(2)8-15(16)21-3/h4-9,18H,10H2,1-3H3. The number of ether oxygens (including phenoxy) is 1. The molecule has 0 unspecified atom stereocenters. The van der Waals surface area contributed by atoms with Crippen LogP contribution in [0.25, 0.3) is 0 Å². The second-order valence-corrected chi connectivity index (χ2v) is 7.20. The summed E-state index contributed by atoms with van der Waals surface area (Å²) >= 11 is 6.04. The summed E-state index contributed by atoms with van der Waals surface area (Å²) in [7, 11) is -2.28. The number of nitrogens with one attached hydrogen (secondary N) is 1. The van der Waals surface area contributed by atoms with Crippen LogP contribution < -0.4 is 9.46 Å². The minimum Gasteiger partial charge on any atom is -0.495 e. The quantitative estimate of drug-likeness (QED) is 0.907. The van der Waals surface area contributed by atoms with Crippen LogP contribution in [-0.4, -0.2) is 15.5 Å². The molecule has 0 atom stereocenters. The third kappa shape index (κ3) is 3.80. The molecule has 118 valence electrons. The molecule has 0 aliphatic carbocycles. The van der Waals surface area contributed by atoms with Crippen molar-refractivity contribution >= 4 is 21.6 Å². The van der Waals surface area contributed by atoms with Crippen molar-refractivity contribution in [2.75, 3.05) is 7.11 Å². The molecule has 0 aromatic heterocycles. The number of rotatable bonds is 5. The summed E-state index contributed by atoms with van der Waals surface area (Å²) in [6.07, 6.45) is 0. The lowest BCUT2D eigenvalue weighted by atomic mass is 10.2. The van der Waals surface area contributed by atoms with E-state index in [1.54, 1.807) is 13.0 Å². The molecule has 1 N–H and O–H groups in total. The van der Waals surface area contributed by atoms with E-state index in [0.29, 0.717) is 5.02 Å². The lowest BCUT2D eigenvalue weighted by Gasteiger charge is -2.12. The maximum atomic E-state index is 12.5. The summed E-state index contributed by atoms with van der Waals surface area (Å²) in [6, 6.07) is 10.7. The molecule has 2 aromatic rings. The van der Waals surface area contributed by atoms with Gasteiger partial charge < -0.3 is 4.74 Å². The molecule has 0 aliphatic rings. The average molecular weight is 340 g/mol. The molecule has 0 saturated carbocycles. The number of hydrogen-bond acceptors (Lipinski definition) is 3. The topological polar surface area (TPSA) is 55.4 Å². The van der Waals surface area contributed by atoms with Crippen molar-refractivity contribution in [3.05, 3.63) is 58.1 Å². The van der Waals surface area contributed by atoms with Crippen LogP contribution in [0.4, 0.5) is 0 Å². The van der Waals surface area contributed by atoms with E-state index in [4.69, 9.17) is 16.3 Å². The monoisotopic (exact) mass is 339 g/mol. The maximum Gasteiger partial charge on any atom is 0.244 e. The number of sulfonamides is 1. The van der Waals surface area contributed by atoms with Gasteiger partial charge >= 0.3 is 0 Å². The maximum absolute atomic E-state index is 12.5. The number of methoxy groups -OCH3 is 1. The van der Waals surface area contributed by atoms with Crippen molar-refractivity contribution in [3.63, 3.8) is 0 Å². The lowest BCUT2D eigenvalue weighted by Crippen LogP contribution is -2.23. The number of hydrogen-bond donors (Lipinski definition) is 1. The second-order valence-electron chi connectivity index (χ2n) is 5.06. The molecule has 0 radical (unpaired) electrons. The Morgan fingerprint density at radius 2 is 1.77 bits per heavy atom. The van der Waals surface area contributed by atoms with Gasteiger partial charge in [-0.05, 0) is 37.1 Å². The van der Waals surface area contributed by atoms with Crippen LogP contribution in [0.2, 0.25) is 5.02 Å². The molecule has 0 amide bonds. The van der Waals surface area contributed by atoms with E-state index in [9.17, 15) is 8.42 Å². The third-order valence-corrected chi connectivity index (χ3v) is 5.15. The van der Waals surface area contributed by atoms with E-state index < -0.39 is 10.0 Å². The van der Waals surface area contributed by atoms with Crippen molar-refractivity contribution < 1.29 is 13.2 Å². The Morgan fingerprint density at radius 1 is 1.14 bits per heavy atom. The van der Waals surface area contributed by atoms with Crippen LogP contribution in [0.3, 0.4) is 0 Å². The van der Waals surface area contributed by atoms with Crippen molar-refractivity contribution in [2.24, 2.45) is 0 Å². The SMILES string of the molecule is COc1cc(C)c(Cl)cc1S(=O)(=O)NCc1ccc(C)cc1. The zero-order chi connectivity index (χ0) is 16.3. The van der Waals surface area contributed by atoms with Crippen molar-refractivity contribution in [3.8, 4) is 5.75 Å². The van der Waals surface area contributed by atoms with Crippen LogP contribution in [0.1, 0.15) is 16.7 Å². The van der Waals surface area contributed by atoms with Crippen LogP contribution in [0.5, 0.6) is 5.75 Å². The largest absolute Gasteiger partial charge is 0.495 e. The Kier molecular flexibility index (Phi) is 5.11. The van der Waals surface area contributed by atoms with Gasteiger partial charge in [-0.25, -0.2) is 13.1 Å². The Hall–Kier alpha value is -1.56. The summed E-state index contributed by atoms with van der Waals surface area (Å²) in [5.41, 5.74) is 2.76. The van der Waals surface area contributed by atoms with Gasteiger partial charge in [-0.15, -0.1) is 0 Å². The smallest absolute Gasteiger partial charge is 0.244 e. The molecule has 4 nitrogen and oxygen atoms in total. The number of aryl methyl sites for hydroxylation is 2. The highest BCUT2D eigenvalue weighted by atomic mass is 35.5. The zero-order valence-electron chi connectivity index (χ0n) is 12.7. The molecule has 6 heteroatoms. The van der Waals surface area contributed by atoms with E-state index in [0.717, 1.165) is 16.7 Å². The second kappa shape index (κ2) is 6.69. The summed E-state index contributed by atoms with van der Waals surface area (Å²) < 4.78 is 32.7. The predicted molar refractivity (Wildman–Crippen MR) is 87.9 cm³/mol. The van der Waals surface area contributed by atoms with Gasteiger partial charge in [-0.2, -0.15) is 0 Å². The molecular formula is C16H18ClNO3S. The molecule has 22 heavy (non-hydrogen) atoms. The molecule has 0 bridgehead atoms. The van der Waals surface area contributed by atoms with Gasteiger partial charge in [-0.3, -0.25) is 0 Å². The van der Waals surface area contributed by atoms with Gasteiger partial charge in [0.1, 0.15) is 10.6 Å². The van der Waals surface area contributed by atoms with E-state index in [2.05, 4.69) is 4.72 Å². The lowest BCUT2D eigenvalue weighted by molar-refractivity contribution is 0.402. The van der Waals surface area contributed by atoms with Gasteiger partial charge in [0.25, 0.3) is 0 Å². The average Bonchev–Trinajstić information content (AvgIpc) is 2.49. The van der Waals surface area contributed by atoms with Gasteiger partial charge in [0.05, 0.1) is 7.11 Å². The third-order valence-electron chi connectivity index (χ3n) is 3.32. The highest BCUT2D eigenvalue weighted by molar-refractivity contribution is 7.89. The zero-order valence-corrected chi connectivity index (χ0v) is 14.3. The molecular weight excluding hydrogens is 322 g/mol. The van der Waals surface area contributed by atoms with E-state index in [-0.39, 0.29) is 17.2 Å². The predicted octanol–water partition coefficient (Wildman–Crippen LogP) is 3.44. The highest BCUT2D eigenvalue weighted by Crippen LogP contribution is 2.30. The molecule has 0 spiro atoms. The molecule has 2 rings (SSSR count). The molecule has 0 fully saturated rings. The first kappa shape index (κ1) is 16.8. The number of benzene rings is 2. The highest BCUT2D eigenvalue weighted by Gasteiger charge is 2.20. The molecule has 0 heterocycles. The van der Waals surface area contributed by atoms with Gasteiger partial charge in [0.2, 0.25) is 10.0 Å². The van der Waals surface area contributed by atoms with Gasteiger partial charge in [0.15, 0.2) is 0 Å². The van der Waals surface area contributed by atoms with Crippen molar-refractivity contribution in [1.29, 1.82) is 0 Å². The van der Waals surface area contributed by atoms with Crippen molar-refractivity contribution in [2.45, 2.75) is 25.3 Å². The van der Waals surface area contributed by atoms with Crippen LogP contribution in [-0.2, 0) is 16.6 Å². The van der Waals surface area contributed by atoms with Crippen LogP contribution >= 0.6 is 11.6 Å². The van der Waals surface area contributed by atoms with Crippen LogP contribution in [0.15, 0.2) is 41.3 Å². The normalized spacial score (nSPS) is 11.5. The minimum atomic E-state index is -3.71. The minimum absolute atomic E-state index is 0.0395. The fourth-order valence-corrected chi connectivity index (χ4v) is 3.39. The van der Waals surface area contributed by atoms with Gasteiger partial charge in [0, 0.05) is 11.6 Å². The van der Waals surface area contributed by atoms with E-state index >= 15 is 0 Å². The first-order valence-corrected chi connectivity index (χ1v) is 8.59. The molecule has 0 aliphatic heterocycles. The summed E-state index contributed by atoms with van der Waals surface area (Å²) in [6.45, 7) is 3.98. The first-order chi connectivity index (χ1) is 10.3. The Balaban J connectivity index is 2.27. The fraction of sp³-hybridized carbons (Fsp3) is 0.250. The summed E-state index contributed by atoms with van der Waals surface area (Å²) in [4.78, 5) is 0.0395. The van der Waals surface area contributed by atoms with Gasteiger partial charge in [-0.1, -0.05) is 41.4 Å². The molecule has 0 saturated heterocycles. The van der Waals surface area contributed by atoms with Crippen molar-refractivity contribution in [1.82, 2.24) is 4.72 Å². The number of halogens is 1. The Labute approximate surface area is 136 Å².